The molecule has 9 heteroatoms. The van der Waals surface area contributed by atoms with E-state index in [2.05, 4.69) is 60.0 Å². The first-order chi connectivity index (χ1) is 19.3. The Morgan fingerprint density at radius 1 is 0.950 bits per heavy atom. The standard InChI is InChI=1S/C31H39N7O2/c1-31(2,3)28(32)23-14-17-38(19-23)25-10-9-22(18-33-25)29-35-30(40-36-29)21-12-15-37(16-13-21)26-11-8-20-6-5-7-24(39-4)27(20)34-26/h5-11,18,21,23,28H,12-17,19,32H2,1-4H3. The molecule has 0 bridgehead atoms. The van der Waals surface area contributed by atoms with E-state index in [1.165, 1.54) is 0 Å². The van der Waals surface area contributed by atoms with Crippen LogP contribution in [-0.2, 0) is 0 Å². The van der Waals surface area contributed by atoms with E-state index in [1.54, 1.807) is 7.11 Å². The van der Waals surface area contributed by atoms with Gasteiger partial charge < -0.3 is 24.8 Å². The van der Waals surface area contributed by atoms with Gasteiger partial charge in [0, 0.05) is 55.3 Å². The van der Waals surface area contributed by atoms with Crippen LogP contribution >= 0.6 is 0 Å². The number of nitrogens with zero attached hydrogens (tertiary/aromatic N) is 6. The maximum atomic E-state index is 6.54. The molecule has 0 radical (unpaired) electrons. The smallest absolute Gasteiger partial charge is 0.230 e. The van der Waals surface area contributed by atoms with Crippen LogP contribution in [0.15, 0.2) is 53.2 Å². The van der Waals surface area contributed by atoms with Gasteiger partial charge in [0.05, 0.1) is 7.11 Å². The highest BCUT2D eigenvalue weighted by Gasteiger charge is 2.34. The number of anilines is 2. The van der Waals surface area contributed by atoms with E-state index in [0.717, 1.165) is 79.3 Å². The lowest BCUT2D eigenvalue weighted by atomic mass is 9.79. The monoisotopic (exact) mass is 541 g/mol. The van der Waals surface area contributed by atoms with Gasteiger partial charge in [-0.3, -0.25) is 0 Å². The summed E-state index contributed by atoms with van der Waals surface area (Å²) in [7, 11) is 1.69. The average Bonchev–Trinajstić information content (AvgIpc) is 3.67. The number of hydrogen-bond donors (Lipinski definition) is 1. The fourth-order valence-corrected chi connectivity index (χ4v) is 6.03. The first-order valence-electron chi connectivity index (χ1n) is 14.3. The summed E-state index contributed by atoms with van der Waals surface area (Å²) < 4.78 is 11.2. The lowest BCUT2D eigenvalue weighted by molar-refractivity contribution is 0.249. The Balaban J connectivity index is 1.07. The fraction of sp³-hybridized carbons (Fsp3) is 0.484. The Bertz CT molecular complexity index is 1450. The molecule has 2 aliphatic heterocycles. The van der Waals surface area contributed by atoms with Gasteiger partial charge in [-0.1, -0.05) is 38.1 Å². The molecular formula is C31H39N7O2. The van der Waals surface area contributed by atoms with Crippen LogP contribution in [0.2, 0.25) is 0 Å². The summed E-state index contributed by atoms with van der Waals surface area (Å²) in [6, 6.07) is 14.5. The first-order valence-corrected chi connectivity index (χ1v) is 14.3. The summed E-state index contributed by atoms with van der Waals surface area (Å²) in [5, 5.41) is 5.36. The predicted octanol–water partition coefficient (Wildman–Crippen LogP) is 5.27. The van der Waals surface area contributed by atoms with Crippen LogP contribution in [0, 0.1) is 11.3 Å². The van der Waals surface area contributed by atoms with Gasteiger partial charge in [0.2, 0.25) is 11.7 Å². The number of nitrogens with two attached hydrogens (primary N) is 1. The molecule has 0 amide bonds. The van der Waals surface area contributed by atoms with Crippen LogP contribution in [0.1, 0.15) is 51.8 Å². The average molecular weight is 542 g/mol. The zero-order valence-corrected chi connectivity index (χ0v) is 23.9. The van der Waals surface area contributed by atoms with Gasteiger partial charge in [0.1, 0.15) is 22.9 Å². The molecule has 2 aliphatic rings. The molecule has 2 atom stereocenters. The van der Waals surface area contributed by atoms with Crippen molar-refractivity contribution < 1.29 is 9.26 Å². The highest BCUT2D eigenvalue weighted by Crippen LogP contribution is 2.34. The van der Waals surface area contributed by atoms with Gasteiger partial charge in [-0.2, -0.15) is 4.98 Å². The summed E-state index contributed by atoms with van der Waals surface area (Å²) in [5.41, 5.74) is 8.41. The van der Waals surface area contributed by atoms with Crippen molar-refractivity contribution in [2.45, 2.75) is 52.0 Å². The van der Waals surface area contributed by atoms with Crippen molar-refractivity contribution >= 4 is 22.5 Å². The van der Waals surface area contributed by atoms with E-state index >= 15 is 0 Å². The third-order valence-electron chi connectivity index (χ3n) is 8.56. The number of hydrogen-bond acceptors (Lipinski definition) is 9. The number of ether oxygens (including phenoxy) is 1. The molecule has 1 aromatic carbocycles. The Morgan fingerprint density at radius 3 is 2.45 bits per heavy atom. The Labute approximate surface area is 235 Å². The van der Waals surface area contributed by atoms with E-state index in [4.69, 9.17) is 29.9 Å². The van der Waals surface area contributed by atoms with Gasteiger partial charge in [-0.05, 0) is 60.9 Å². The quantitative estimate of drug-likeness (QED) is 0.349. The molecule has 40 heavy (non-hydrogen) atoms. The summed E-state index contributed by atoms with van der Waals surface area (Å²) in [4.78, 5) is 19.0. The number of pyridine rings is 2. The third kappa shape index (κ3) is 5.22. The molecule has 2 fully saturated rings. The maximum Gasteiger partial charge on any atom is 0.230 e. The SMILES string of the molecule is COc1cccc2ccc(N3CCC(c4nc(-c5ccc(N6CCC(C(N)C(C)(C)C)C6)nc5)no4)CC3)nc12. The molecule has 4 aromatic rings. The number of para-hydroxylation sites is 1. The number of aromatic nitrogens is 4. The van der Waals surface area contributed by atoms with E-state index in [9.17, 15) is 0 Å². The van der Waals surface area contributed by atoms with Gasteiger partial charge >= 0.3 is 0 Å². The normalized spacial score (nSPS) is 19.4. The Hall–Kier alpha value is -3.72. The van der Waals surface area contributed by atoms with Crippen LogP contribution < -0.4 is 20.3 Å². The molecule has 6 rings (SSSR count). The zero-order valence-electron chi connectivity index (χ0n) is 23.9. The van der Waals surface area contributed by atoms with Crippen LogP contribution in [0.5, 0.6) is 5.75 Å². The molecule has 0 saturated carbocycles. The second-order valence-electron chi connectivity index (χ2n) is 12.2. The highest BCUT2D eigenvalue weighted by atomic mass is 16.5. The molecular weight excluding hydrogens is 502 g/mol. The van der Waals surface area contributed by atoms with E-state index in [0.29, 0.717) is 17.6 Å². The molecule has 3 aromatic heterocycles. The van der Waals surface area contributed by atoms with Crippen molar-refractivity contribution in [3.8, 4) is 17.1 Å². The number of methoxy groups -OCH3 is 1. The molecule has 0 spiro atoms. The fourth-order valence-electron chi connectivity index (χ4n) is 6.03. The van der Waals surface area contributed by atoms with Crippen molar-refractivity contribution in [1.29, 1.82) is 0 Å². The van der Waals surface area contributed by atoms with Crippen LogP contribution in [-0.4, -0.2) is 59.4 Å². The maximum absolute atomic E-state index is 6.54. The lowest BCUT2D eigenvalue weighted by Gasteiger charge is -2.32. The van der Waals surface area contributed by atoms with Crippen molar-refractivity contribution in [3.05, 3.63) is 54.6 Å². The van der Waals surface area contributed by atoms with Crippen LogP contribution in [0.25, 0.3) is 22.3 Å². The summed E-state index contributed by atoms with van der Waals surface area (Å²) in [6.45, 7) is 10.3. The molecule has 2 N–H and O–H groups in total. The summed E-state index contributed by atoms with van der Waals surface area (Å²) >= 11 is 0. The number of piperidine rings is 1. The third-order valence-corrected chi connectivity index (χ3v) is 8.56. The summed E-state index contributed by atoms with van der Waals surface area (Å²) in [6.07, 6.45) is 4.80. The minimum Gasteiger partial charge on any atom is -0.494 e. The molecule has 5 heterocycles. The summed E-state index contributed by atoms with van der Waals surface area (Å²) in [5.74, 6) is 4.74. The Kier molecular flexibility index (Phi) is 7.08. The Morgan fingerprint density at radius 2 is 1.73 bits per heavy atom. The minimum absolute atomic E-state index is 0.104. The molecule has 2 saturated heterocycles. The highest BCUT2D eigenvalue weighted by molar-refractivity contribution is 5.86. The predicted molar refractivity (Wildman–Crippen MR) is 158 cm³/mol. The van der Waals surface area contributed by atoms with Crippen molar-refractivity contribution in [1.82, 2.24) is 20.1 Å². The topological polar surface area (TPSA) is 106 Å². The molecule has 2 unspecified atom stereocenters. The molecule has 9 nitrogen and oxygen atoms in total. The second-order valence-corrected chi connectivity index (χ2v) is 12.2. The van der Waals surface area contributed by atoms with Crippen LogP contribution in [0.4, 0.5) is 11.6 Å². The number of benzene rings is 1. The van der Waals surface area contributed by atoms with Gasteiger partial charge in [0.25, 0.3) is 0 Å². The van der Waals surface area contributed by atoms with Crippen LogP contribution in [0.3, 0.4) is 0 Å². The second kappa shape index (κ2) is 10.7. The zero-order chi connectivity index (χ0) is 27.9. The van der Waals surface area contributed by atoms with Crippen molar-refractivity contribution in [2.24, 2.45) is 17.1 Å². The van der Waals surface area contributed by atoms with Gasteiger partial charge in [0.15, 0.2) is 0 Å². The lowest BCUT2D eigenvalue weighted by Crippen LogP contribution is -2.42. The number of fused-ring (bicyclic) bond motifs is 1. The minimum atomic E-state index is 0.104. The largest absolute Gasteiger partial charge is 0.494 e. The van der Waals surface area contributed by atoms with Crippen molar-refractivity contribution in [3.63, 3.8) is 0 Å². The van der Waals surface area contributed by atoms with E-state index < -0.39 is 0 Å². The number of rotatable bonds is 6. The van der Waals surface area contributed by atoms with Gasteiger partial charge in [-0.25, -0.2) is 9.97 Å². The van der Waals surface area contributed by atoms with E-state index in [-0.39, 0.29) is 17.4 Å². The van der Waals surface area contributed by atoms with Gasteiger partial charge in [-0.15, -0.1) is 0 Å². The van der Waals surface area contributed by atoms with E-state index in [1.807, 2.05) is 24.4 Å². The van der Waals surface area contributed by atoms with Crippen molar-refractivity contribution in [2.75, 3.05) is 43.1 Å². The molecule has 210 valence electrons. The molecule has 0 aliphatic carbocycles. The first kappa shape index (κ1) is 26.5.